The SMILES string of the molecule is Cl.O=C1c2cccc(O)c2C(=O)c2c(O)cc(CNCCO)cc21. The number of hydrogen-bond donors (Lipinski definition) is 4. The standard InChI is InChI=1S/C17H15NO5.ClH/c19-5-4-18-8-9-6-11-15(13(21)7-9)17(23)14-10(16(11)22)2-1-3-12(14)20;/h1-3,6-7,18-21H,4-5,8H2;1H. The number of halogens is 1. The fourth-order valence-corrected chi connectivity index (χ4v) is 2.75. The van der Waals surface area contributed by atoms with Gasteiger partial charge in [0.25, 0.3) is 0 Å². The lowest BCUT2D eigenvalue weighted by molar-refractivity contribution is 0.0974. The summed E-state index contributed by atoms with van der Waals surface area (Å²) in [5, 5.41) is 31.7. The van der Waals surface area contributed by atoms with Gasteiger partial charge >= 0.3 is 0 Å². The Bertz CT molecular complexity index is 819. The zero-order valence-electron chi connectivity index (χ0n) is 12.6. The van der Waals surface area contributed by atoms with Crippen LogP contribution in [0.15, 0.2) is 30.3 Å². The maximum absolute atomic E-state index is 12.6. The Kier molecular flexibility index (Phi) is 5.23. The molecule has 4 N–H and O–H groups in total. The molecule has 0 aliphatic heterocycles. The van der Waals surface area contributed by atoms with Gasteiger partial charge in [-0.1, -0.05) is 12.1 Å². The number of aromatic hydroxyl groups is 2. The van der Waals surface area contributed by atoms with Gasteiger partial charge in [-0.2, -0.15) is 0 Å². The number of carbonyl (C=O) groups excluding carboxylic acids is 2. The molecule has 0 saturated carbocycles. The number of ketones is 2. The number of aliphatic hydroxyl groups excluding tert-OH is 1. The van der Waals surface area contributed by atoms with Crippen LogP contribution in [0.1, 0.15) is 37.4 Å². The van der Waals surface area contributed by atoms with E-state index < -0.39 is 11.6 Å². The molecule has 0 radical (unpaired) electrons. The summed E-state index contributed by atoms with van der Waals surface area (Å²) in [5.74, 6) is -1.56. The molecule has 0 saturated heterocycles. The van der Waals surface area contributed by atoms with Gasteiger partial charge < -0.3 is 20.6 Å². The van der Waals surface area contributed by atoms with Crippen molar-refractivity contribution in [3.05, 3.63) is 58.1 Å². The molecule has 2 aromatic rings. The third-order valence-corrected chi connectivity index (χ3v) is 3.78. The second kappa shape index (κ2) is 7.00. The molecule has 1 aliphatic rings. The van der Waals surface area contributed by atoms with Gasteiger partial charge in [0.05, 0.1) is 17.7 Å². The van der Waals surface area contributed by atoms with Crippen molar-refractivity contribution in [3.8, 4) is 11.5 Å². The van der Waals surface area contributed by atoms with Crippen molar-refractivity contribution in [2.75, 3.05) is 13.2 Å². The Labute approximate surface area is 144 Å². The molecular weight excluding hydrogens is 334 g/mol. The summed E-state index contributed by atoms with van der Waals surface area (Å²) in [5.41, 5.74) is 0.706. The van der Waals surface area contributed by atoms with Crippen LogP contribution in [0.2, 0.25) is 0 Å². The number of hydrogen-bond acceptors (Lipinski definition) is 6. The van der Waals surface area contributed by atoms with Crippen LogP contribution in [0.25, 0.3) is 0 Å². The van der Waals surface area contributed by atoms with Crippen LogP contribution in [0, 0.1) is 0 Å². The smallest absolute Gasteiger partial charge is 0.201 e. The van der Waals surface area contributed by atoms with Crippen molar-refractivity contribution in [2.45, 2.75) is 6.54 Å². The molecule has 0 bridgehead atoms. The zero-order valence-corrected chi connectivity index (χ0v) is 13.4. The minimum absolute atomic E-state index is 0. The largest absolute Gasteiger partial charge is 0.507 e. The number of rotatable bonds is 4. The quantitative estimate of drug-likeness (QED) is 0.530. The summed E-state index contributed by atoms with van der Waals surface area (Å²) in [6.45, 7) is 0.693. The van der Waals surface area contributed by atoms with Gasteiger partial charge in [-0.15, -0.1) is 12.4 Å². The fourth-order valence-electron chi connectivity index (χ4n) is 2.75. The van der Waals surface area contributed by atoms with Gasteiger partial charge in [0.15, 0.2) is 5.78 Å². The van der Waals surface area contributed by atoms with Crippen molar-refractivity contribution in [2.24, 2.45) is 0 Å². The van der Waals surface area contributed by atoms with Gasteiger partial charge in [0.2, 0.25) is 5.78 Å². The highest BCUT2D eigenvalue weighted by Crippen LogP contribution is 2.37. The van der Waals surface area contributed by atoms with Gasteiger partial charge in [-0.05, 0) is 23.8 Å². The Morgan fingerprint density at radius 3 is 2.33 bits per heavy atom. The van der Waals surface area contributed by atoms with E-state index >= 15 is 0 Å². The van der Waals surface area contributed by atoms with Crippen LogP contribution in [-0.2, 0) is 6.54 Å². The van der Waals surface area contributed by atoms with E-state index in [0.717, 1.165) is 0 Å². The Morgan fingerprint density at radius 1 is 0.917 bits per heavy atom. The number of carbonyl (C=O) groups is 2. The van der Waals surface area contributed by atoms with E-state index in [-0.39, 0.29) is 52.8 Å². The van der Waals surface area contributed by atoms with E-state index in [1.807, 2.05) is 0 Å². The van der Waals surface area contributed by atoms with Crippen LogP contribution in [0.3, 0.4) is 0 Å². The fraction of sp³-hybridized carbons (Fsp3) is 0.176. The van der Waals surface area contributed by atoms with E-state index in [1.165, 1.54) is 24.3 Å². The van der Waals surface area contributed by atoms with Crippen molar-refractivity contribution in [1.29, 1.82) is 0 Å². The molecule has 1 aliphatic carbocycles. The van der Waals surface area contributed by atoms with E-state index in [4.69, 9.17) is 5.11 Å². The molecule has 0 amide bonds. The Hall–Kier alpha value is -2.41. The average molecular weight is 350 g/mol. The summed E-state index contributed by atoms with van der Waals surface area (Å²) in [7, 11) is 0. The van der Waals surface area contributed by atoms with Crippen molar-refractivity contribution >= 4 is 24.0 Å². The lowest BCUT2D eigenvalue weighted by Gasteiger charge is -2.20. The molecule has 6 nitrogen and oxygen atoms in total. The van der Waals surface area contributed by atoms with Gasteiger partial charge in [0.1, 0.15) is 11.5 Å². The normalized spacial score (nSPS) is 12.4. The molecule has 7 heteroatoms. The molecule has 0 spiro atoms. The minimum Gasteiger partial charge on any atom is -0.507 e. The third kappa shape index (κ3) is 2.87. The van der Waals surface area contributed by atoms with Crippen molar-refractivity contribution < 1.29 is 24.9 Å². The molecule has 3 rings (SSSR count). The first-order chi connectivity index (χ1) is 11.0. The number of nitrogens with one attached hydrogen (secondary N) is 1. The highest BCUT2D eigenvalue weighted by Gasteiger charge is 2.34. The first-order valence-electron chi connectivity index (χ1n) is 7.13. The molecule has 126 valence electrons. The van der Waals surface area contributed by atoms with Crippen LogP contribution >= 0.6 is 12.4 Å². The zero-order chi connectivity index (χ0) is 16.6. The number of benzene rings is 2. The van der Waals surface area contributed by atoms with Crippen LogP contribution in [0.4, 0.5) is 0 Å². The predicted molar refractivity (Wildman–Crippen MR) is 89.1 cm³/mol. The summed E-state index contributed by atoms with van der Waals surface area (Å²) < 4.78 is 0. The Balaban J connectivity index is 0.00000208. The van der Waals surface area contributed by atoms with Gasteiger partial charge in [-0.25, -0.2) is 0 Å². The molecule has 0 unspecified atom stereocenters. The average Bonchev–Trinajstić information content (AvgIpc) is 2.52. The van der Waals surface area contributed by atoms with E-state index in [1.54, 1.807) is 6.07 Å². The van der Waals surface area contributed by atoms with Crippen LogP contribution in [0.5, 0.6) is 11.5 Å². The third-order valence-electron chi connectivity index (χ3n) is 3.78. The monoisotopic (exact) mass is 349 g/mol. The van der Waals surface area contributed by atoms with E-state index in [9.17, 15) is 19.8 Å². The first-order valence-corrected chi connectivity index (χ1v) is 7.13. The maximum Gasteiger partial charge on any atom is 0.201 e. The molecule has 0 fully saturated rings. The first kappa shape index (κ1) is 17.9. The predicted octanol–water partition coefficient (Wildman–Crippen LogP) is 1.38. The second-order valence-electron chi connectivity index (χ2n) is 5.30. The highest BCUT2D eigenvalue weighted by atomic mass is 35.5. The van der Waals surface area contributed by atoms with Gasteiger partial charge in [-0.3, -0.25) is 9.59 Å². The molecule has 0 heterocycles. The summed E-state index contributed by atoms with van der Waals surface area (Å²) in [4.78, 5) is 25.2. The summed E-state index contributed by atoms with van der Waals surface area (Å²) in [6.07, 6.45) is 0. The molecule has 0 atom stereocenters. The molecule has 0 aromatic heterocycles. The van der Waals surface area contributed by atoms with Crippen molar-refractivity contribution in [3.63, 3.8) is 0 Å². The highest BCUT2D eigenvalue weighted by molar-refractivity contribution is 6.30. The molecular formula is C17H16ClNO5. The second-order valence-corrected chi connectivity index (χ2v) is 5.30. The van der Waals surface area contributed by atoms with Crippen LogP contribution < -0.4 is 5.32 Å². The number of phenols is 2. The van der Waals surface area contributed by atoms with E-state index in [2.05, 4.69) is 5.32 Å². The summed E-state index contributed by atoms with van der Waals surface area (Å²) >= 11 is 0. The van der Waals surface area contributed by atoms with Crippen molar-refractivity contribution in [1.82, 2.24) is 5.32 Å². The maximum atomic E-state index is 12.6. The topological polar surface area (TPSA) is 107 Å². The molecule has 2 aromatic carbocycles. The minimum atomic E-state index is -0.569. The number of aliphatic hydroxyl groups is 1. The van der Waals surface area contributed by atoms with Crippen LogP contribution in [-0.4, -0.2) is 40.0 Å². The lowest BCUT2D eigenvalue weighted by atomic mass is 9.82. The Morgan fingerprint density at radius 2 is 1.62 bits per heavy atom. The molecule has 24 heavy (non-hydrogen) atoms. The van der Waals surface area contributed by atoms with E-state index in [0.29, 0.717) is 18.7 Å². The lowest BCUT2D eigenvalue weighted by Crippen LogP contribution is -2.22. The number of phenolic OH excluding ortho intramolecular Hbond substituents is 2. The number of fused-ring (bicyclic) bond motifs is 2. The summed E-state index contributed by atoms with van der Waals surface area (Å²) in [6, 6.07) is 7.26. The van der Waals surface area contributed by atoms with Gasteiger partial charge in [0, 0.05) is 24.2 Å².